The van der Waals surface area contributed by atoms with Gasteiger partial charge in [-0.3, -0.25) is 4.79 Å². The van der Waals surface area contributed by atoms with Crippen LogP contribution in [0.25, 0.3) is 0 Å². The number of amides is 1. The van der Waals surface area contributed by atoms with Gasteiger partial charge in [0.1, 0.15) is 0 Å². The highest BCUT2D eigenvalue weighted by Gasteiger charge is 2.41. The molecule has 3 aliphatic rings. The van der Waals surface area contributed by atoms with Crippen LogP contribution in [0.3, 0.4) is 0 Å². The zero-order valence-corrected chi connectivity index (χ0v) is 16.6. The summed E-state index contributed by atoms with van der Waals surface area (Å²) in [4.78, 5) is 15.3. The molecule has 25 heavy (non-hydrogen) atoms. The Kier molecular flexibility index (Phi) is 6.79. The van der Waals surface area contributed by atoms with Crippen LogP contribution in [0.1, 0.15) is 72.1 Å². The number of nitrogens with zero attached hydrogens (tertiary/aromatic N) is 1. The predicted octanol–water partition coefficient (Wildman–Crippen LogP) is 3.17. The molecule has 3 fully saturated rings. The van der Waals surface area contributed by atoms with Crippen molar-refractivity contribution in [2.75, 3.05) is 19.6 Å². The van der Waals surface area contributed by atoms with E-state index >= 15 is 0 Å². The van der Waals surface area contributed by atoms with Crippen LogP contribution in [0.5, 0.6) is 0 Å². The van der Waals surface area contributed by atoms with Gasteiger partial charge in [-0.2, -0.15) is 0 Å². The Balaban J connectivity index is 1.47. The molecule has 0 aromatic rings. The Morgan fingerprint density at radius 2 is 1.84 bits per heavy atom. The van der Waals surface area contributed by atoms with Crippen LogP contribution in [0.4, 0.5) is 0 Å². The van der Waals surface area contributed by atoms with Crippen molar-refractivity contribution in [3.8, 4) is 0 Å². The van der Waals surface area contributed by atoms with Crippen LogP contribution in [-0.4, -0.2) is 48.6 Å². The van der Waals surface area contributed by atoms with Crippen LogP contribution >= 0.6 is 0 Å². The summed E-state index contributed by atoms with van der Waals surface area (Å²) in [7, 11) is 0. The largest absolute Gasteiger partial charge is 0.352 e. The van der Waals surface area contributed by atoms with Gasteiger partial charge in [0.2, 0.25) is 5.91 Å². The van der Waals surface area contributed by atoms with Crippen molar-refractivity contribution in [3.63, 3.8) is 0 Å². The lowest BCUT2D eigenvalue weighted by molar-refractivity contribution is -0.124. The highest BCUT2D eigenvalue weighted by Crippen LogP contribution is 2.36. The molecule has 0 radical (unpaired) electrons. The lowest BCUT2D eigenvalue weighted by atomic mass is 9.78. The van der Waals surface area contributed by atoms with Gasteiger partial charge in [-0.1, -0.05) is 33.6 Å². The Morgan fingerprint density at radius 3 is 2.56 bits per heavy atom. The van der Waals surface area contributed by atoms with Crippen molar-refractivity contribution in [2.45, 2.75) is 90.3 Å². The molecule has 1 amide bonds. The van der Waals surface area contributed by atoms with Gasteiger partial charge in [0, 0.05) is 18.6 Å². The summed E-state index contributed by atoms with van der Waals surface area (Å²) in [6.45, 7) is 10.3. The summed E-state index contributed by atoms with van der Waals surface area (Å²) in [6.07, 6.45) is 9.93. The summed E-state index contributed by atoms with van der Waals surface area (Å²) < 4.78 is 0. The standard InChI is InChI=1S/C21H39N3O/c1-4-24(5-2)14-16-9-7-11-18(12-16)22-21(25)19-13-17-10-6-8-15(3)20(17)23-19/h15-20,23H,4-14H2,1-3H3,(H,22,25). The first kappa shape index (κ1) is 19.2. The van der Waals surface area contributed by atoms with Crippen molar-refractivity contribution in [3.05, 3.63) is 0 Å². The summed E-state index contributed by atoms with van der Waals surface area (Å²) in [5, 5.41) is 7.08. The highest BCUT2D eigenvalue weighted by atomic mass is 16.2. The van der Waals surface area contributed by atoms with E-state index in [-0.39, 0.29) is 11.9 Å². The van der Waals surface area contributed by atoms with E-state index in [1.54, 1.807) is 0 Å². The van der Waals surface area contributed by atoms with Gasteiger partial charge in [-0.25, -0.2) is 0 Å². The number of carbonyl (C=O) groups is 1. The van der Waals surface area contributed by atoms with E-state index in [9.17, 15) is 4.79 Å². The topological polar surface area (TPSA) is 44.4 Å². The first-order valence-electron chi connectivity index (χ1n) is 10.9. The maximum atomic E-state index is 12.8. The first-order valence-corrected chi connectivity index (χ1v) is 10.9. The number of nitrogens with one attached hydrogen (secondary N) is 2. The minimum absolute atomic E-state index is 0.0544. The van der Waals surface area contributed by atoms with Crippen LogP contribution in [0.2, 0.25) is 0 Å². The molecule has 1 saturated heterocycles. The number of rotatable bonds is 6. The van der Waals surface area contributed by atoms with Crippen LogP contribution in [-0.2, 0) is 4.79 Å². The highest BCUT2D eigenvalue weighted by molar-refractivity contribution is 5.82. The molecule has 6 unspecified atom stereocenters. The van der Waals surface area contributed by atoms with Crippen LogP contribution in [0.15, 0.2) is 0 Å². The van der Waals surface area contributed by atoms with E-state index in [1.807, 2.05) is 0 Å². The zero-order chi connectivity index (χ0) is 17.8. The average Bonchev–Trinajstić information content (AvgIpc) is 3.06. The third-order valence-corrected chi connectivity index (χ3v) is 7.14. The normalized spacial score (nSPS) is 38.6. The summed E-state index contributed by atoms with van der Waals surface area (Å²) in [6, 6.07) is 1.02. The SMILES string of the molecule is CCN(CC)CC1CCCC(NC(=O)C2CC3CCCC(C)C3N2)C1. The van der Waals surface area contributed by atoms with E-state index < -0.39 is 0 Å². The second kappa shape index (κ2) is 8.85. The molecule has 2 aliphatic carbocycles. The monoisotopic (exact) mass is 349 g/mol. The third-order valence-electron chi connectivity index (χ3n) is 7.14. The molecule has 0 aromatic heterocycles. The van der Waals surface area contributed by atoms with Crippen LogP contribution in [0, 0.1) is 17.8 Å². The summed E-state index contributed by atoms with van der Waals surface area (Å²) in [5.74, 6) is 2.47. The number of hydrogen-bond acceptors (Lipinski definition) is 3. The minimum atomic E-state index is 0.0544. The van der Waals surface area contributed by atoms with Crippen molar-refractivity contribution in [1.82, 2.24) is 15.5 Å². The third kappa shape index (κ3) is 4.77. The molecule has 1 aliphatic heterocycles. The molecule has 0 bridgehead atoms. The van der Waals surface area contributed by atoms with E-state index in [0.29, 0.717) is 12.1 Å². The Labute approximate surface area is 154 Å². The quantitative estimate of drug-likeness (QED) is 0.774. The molecule has 2 N–H and O–H groups in total. The zero-order valence-electron chi connectivity index (χ0n) is 16.6. The molecule has 4 heteroatoms. The second-order valence-electron chi connectivity index (χ2n) is 8.87. The first-order chi connectivity index (χ1) is 12.1. The number of fused-ring (bicyclic) bond motifs is 1. The Bertz CT molecular complexity index is 437. The van der Waals surface area contributed by atoms with Gasteiger partial charge in [-0.05, 0) is 69.4 Å². The van der Waals surface area contributed by atoms with Crippen molar-refractivity contribution >= 4 is 5.91 Å². The fraction of sp³-hybridized carbons (Fsp3) is 0.952. The molecule has 4 nitrogen and oxygen atoms in total. The van der Waals surface area contributed by atoms with E-state index in [4.69, 9.17) is 0 Å². The van der Waals surface area contributed by atoms with Crippen molar-refractivity contribution in [2.24, 2.45) is 17.8 Å². The fourth-order valence-electron chi connectivity index (χ4n) is 5.61. The smallest absolute Gasteiger partial charge is 0.237 e. The molecule has 0 aromatic carbocycles. The molecular weight excluding hydrogens is 310 g/mol. The van der Waals surface area contributed by atoms with Crippen molar-refractivity contribution in [1.29, 1.82) is 0 Å². The number of hydrogen-bond donors (Lipinski definition) is 2. The Morgan fingerprint density at radius 1 is 1.08 bits per heavy atom. The molecule has 3 rings (SSSR count). The lowest BCUT2D eigenvalue weighted by Gasteiger charge is -2.33. The molecular formula is C21H39N3O. The van der Waals surface area contributed by atoms with Gasteiger partial charge < -0.3 is 15.5 Å². The second-order valence-corrected chi connectivity index (χ2v) is 8.87. The van der Waals surface area contributed by atoms with Crippen LogP contribution < -0.4 is 10.6 Å². The van der Waals surface area contributed by atoms with E-state index in [0.717, 1.165) is 50.1 Å². The molecule has 1 heterocycles. The predicted molar refractivity (Wildman–Crippen MR) is 104 cm³/mol. The lowest BCUT2D eigenvalue weighted by Crippen LogP contribution is -2.49. The van der Waals surface area contributed by atoms with Crippen molar-refractivity contribution < 1.29 is 4.79 Å². The minimum Gasteiger partial charge on any atom is -0.352 e. The maximum Gasteiger partial charge on any atom is 0.237 e. The van der Waals surface area contributed by atoms with Gasteiger partial charge >= 0.3 is 0 Å². The fourth-order valence-corrected chi connectivity index (χ4v) is 5.61. The average molecular weight is 350 g/mol. The Hall–Kier alpha value is -0.610. The molecule has 6 atom stereocenters. The van der Waals surface area contributed by atoms with E-state index in [2.05, 4.69) is 36.3 Å². The molecule has 0 spiro atoms. The van der Waals surface area contributed by atoms with Gasteiger partial charge in [0.15, 0.2) is 0 Å². The maximum absolute atomic E-state index is 12.8. The number of carbonyl (C=O) groups excluding carboxylic acids is 1. The van der Waals surface area contributed by atoms with Gasteiger partial charge in [0.25, 0.3) is 0 Å². The van der Waals surface area contributed by atoms with Gasteiger partial charge in [-0.15, -0.1) is 0 Å². The summed E-state index contributed by atoms with van der Waals surface area (Å²) in [5.41, 5.74) is 0. The molecule has 144 valence electrons. The van der Waals surface area contributed by atoms with E-state index in [1.165, 1.54) is 38.6 Å². The summed E-state index contributed by atoms with van der Waals surface area (Å²) >= 11 is 0. The molecule has 2 saturated carbocycles. The van der Waals surface area contributed by atoms with Gasteiger partial charge in [0.05, 0.1) is 6.04 Å².